The van der Waals surface area contributed by atoms with E-state index >= 15 is 0 Å². The summed E-state index contributed by atoms with van der Waals surface area (Å²) in [7, 11) is 5.72. The fourth-order valence-electron chi connectivity index (χ4n) is 3.98. The molecule has 34 heavy (non-hydrogen) atoms. The first kappa shape index (κ1) is 25.3. The Kier molecular flexibility index (Phi) is 8.73. The first-order valence-corrected chi connectivity index (χ1v) is 11.6. The van der Waals surface area contributed by atoms with Crippen LogP contribution in [0, 0.1) is 0 Å². The topological polar surface area (TPSA) is 85.7 Å². The molecule has 0 saturated carbocycles. The molecule has 7 heteroatoms. The molecule has 1 aliphatic heterocycles. The van der Waals surface area contributed by atoms with Gasteiger partial charge in [0.25, 0.3) is 0 Å². The van der Waals surface area contributed by atoms with Gasteiger partial charge in [0.2, 0.25) is 0 Å². The zero-order valence-electron chi connectivity index (χ0n) is 20.7. The Morgan fingerprint density at radius 2 is 2.06 bits per heavy atom. The van der Waals surface area contributed by atoms with Gasteiger partial charge in [0.15, 0.2) is 5.82 Å². The Morgan fingerprint density at radius 3 is 2.71 bits per heavy atom. The van der Waals surface area contributed by atoms with Gasteiger partial charge in [-0.25, -0.2) is 9.97 Å². The number of nitrogens with one attached hydrogen (secondary N) is 2. The third kappa shape index (κ3) is 6.40. The van der Waals surface area contributed by atoms with Crippen LogP contribution in [0.4, 0.5) is 5.82 Å². The van der Waals surface area contributed by atoms with Crippen LogP contribution in [0.1, 0.15) is 30.9 Å². The second-order valence-electron chi connectivity index (χ2n) is 8.75. The van der Waals surface area contributed by atoms with Crippen molar-refractivity contribution in [2.75, 3.05) is 46.1 Å². The zero-order chi connectivity index (χ0) is 24.6. The predicted molar refractivity (Wildman–Crippen MR) is 143 cm³/mol. The minimum absolute atomic E-state index is 0.421. The molecule has 1 aliphatic rings. The van der Waals surface area contributed by atoms with Gasteiger partial charge in [0.1, 0.15) is 5.82 Å². The van der Waals surface area contributed by atoms with Crippen LogP contribution in [0.15, 0.2) is 60.4 Å². The van der Waals surface area contributed by atoms with Gasteiger partial charge in [-0.1, -0.05) is 36.9 Å². The van der Waals surface area contributed by atoms with Crippen molar-refractivity contribution in [2.45, 2.75) is 25.4 Å². The fourth-order valence-corrected chi connectivity index (χ4v) is 3.98. The van der Waals surface area contributed by atoms with E-state index in [4.69, 9.17) is 4.98 Å². The highest BCUT2D eigenvalue weighted by molar-refractivity contribution is 6.11. The van der Waals surface area contributed by atoms with E-state index in [0.29, 0.717) is 31.0 Å². The van der Waals surface area contributed by atoms with Gasteiger partial charge < -0.3 is 20.6 Å². The maximum absolute atomic E-state index is 11.0. The van der Waals surface area contributed by atoms with Gasteiger partial charge in [-0.15, -0.1) is 0 Å². The Bertz CT molecular complexity index is 1080. The maximum atomic E-state index is 11.0. The molecular weight excluding hydrogens is 424 g/mol. The molecule has 0 radical (unpaired) electrons. The van der Waals surface area contributed by atoms with E-state index < -0.39 is 5.60 Å². The quantitative estimate of drug-likeness (QED) is 0.389. The van der Waals surface area contributed by atoms with Crippen LogP contribution in [0.2, 0.25) is 0 Å². The lowest BCUT2D eigenvalue weighted by Crippen LogP contribution is -2.46. The summed E-state index contributed by atoms with van der Waals surface area (Å²) in [4.78, 5) is 15.7. The molecule has 3 rings (SSSR count). The molecule has 0 bridgehead atoms. The number of aromatic nitrogens is 2. The lowest BCUT2D eigenvalue weighted by molar-refractivity contribution is 0.0231. The van der Waals surface area contributed by atoms with Crippen LogP contribution >= 0.6 is 0 Å². The largest absolute Gasteiger partial charge is 0.388 e. The molecule has 3 N–H and O–H groups in total. The lowest BCUT2D eigenvalue weighted by atomic mass is 9.92. The predicted octanol–water partition coefficient (Wildman–Crippen LogP) is 3.86. The monoisotopic (exact) mass is 460 g/mol. The van der Waals surface area contributed by atoms with Crippen LogP contribution in [0.5, 0.6) is 0 Å². The van der Waals surface area contributed by atoms with Crippen molar-refractivity contribution in [2.24, 2.45) is 4.99 Å². The summed E-state index contributed by atoms with van der Waals surface area (Å²) in [5.74, 6) is 1.30. The molecule has 1 saturated heterocycles. The first-order chi connectivity index (χ1) is 16.4. The molecule has 2 heterocycles. The molecule has 1 aromatic carbocycles. The summed E-state index contributed by atoms with van der Waals surface area (Å²) in [6, 6.07) is 8.13. The molecule has 1 aromatic heterocycles. The lowest BCUT2D eigenvalue weighted by Gasteiger charge is -2.33. The van der Waals surface area contributed by atoms with Gasteiger partial charge in [0, 0.05) is 63.0 Å². The number of benzene rings is 1. The van der Waals surface area contributed by atoms with E-state index in [1.165, 1.54) is 0 Å². The number of piperidine rings is 1. The van der Waals surface area contributed by atoms with Gasteiger partial charge in [-0.05, 0) is 50.1 Å². The smallest absolute Gasteiger partial charge is 0.161 e. The van der Waals surface area contributed by atoms with E-state index in [0.717, 1.165) is 40.9 Å². The van der Waals surface area contributed by atoms with Gasteiger partial charge in [0.05, 0.1) is 5.60 Å². The van der Waals surface area contributed by atoms with Crippen molar-refractivity contribution in [3.05, 3.63) is 66.5 Å². The summed E-state index contributed by atoms with van der Waals surface area (Å²) in [6.45, 7) is 7.96. The normalized spacial score (nSPS) is 16.5. The fraction of sp³-hybridized carbons (Fsp3) is 0.370. The zero-order valence-corrected chi connectivity index (χ0v) is 20.7. The van der Waals surface area contributed by atoms with E-state index in [2.05, 4.69) is 39.3 Å². The number of hydrogen-bond donors (Lipinski definition) is 3. The van der Waals surface area contributed by atoms with Crippen LogP contribution in [-0.4, -0.2) is 72.6 Å². The molecule has 0 amide bonds. The molecule has 7 nitrogen and oxygen atoms in total. The first-order valence-electron chi connectivity index (χ1n) is 11.6. The number of allylic oxidation sites excluding steroid dienone is 4. The third-order valence-electron chi connectivity index (χ3n) is 5.87. The number of anilines is 1. The van der Waals surface area contributed by atoms with Crippen molar-refractivity contribution in [3.63, 3.8) is 0 Å². The minimum atomic E-state index is -0.766. The Labute approximate surface area is 203 Å². The minimum Gasteiger partial charge on any atom is -0.388 e. The molecule has 180 valence electrons. The summed E-state index contributed by atoms with van der Waals surface area (Å²) < 4.78 is 0. The molecule has 1 fully saturated rings. The third-order valence-corrected chi connectivity index (χ3v) is 5.87. The van der Waals surface area contributed by atoms with Crippen LogP contribution < -0.4 is 10.6 Å². The summed E-state index contributed by atoms with van der Waals surface area (Å²) in [5, 5.41) is 17.7. The second-order valence-corrected chi connectivity index (χ2v) is 8.75. The van der Waals surface area contributed by atoms with Gasteiger partial charge >= 0.3 is 0 Å². The highest BCUT2D eigenvalue weighted by atomic mass is 16.3. The molecule has 2 aromatic rings. The maximum Gasteiger partial charge on any atom is 0.161 e. The number of hydrogen-bond acceptors (Lipinski definition) is 7. The van der Waals surface area contributed by atoms with Crippen LogP contribution in [0.3, 0.4) is 0 Å². The molecule has 0 unspecified atom stereocenters. The van der Waals surface area contributed by atoms with E-state index in [1.54, 1.807) is 13.3 Å². The van der Waals surface area contributed by atoms with Crippen LogP contribution in [-0.2, 0) is 0 Å². The number of aliphatic hydroxyl groups is 1. The summed E-state index contributed by atoms with van der Waals surface area (Å²) in [5.41, 5.74) is 3.98. The molecule has 0 aliphatic carbocycles. The highest BCUT2D eigenvalue weighted by Crippen LogP contribution is 2.28. The van der Waals surface area contributed by atoms with Crippen LogP contribution in [0.25, 0.3) is 22.5 Å². The molecule has 0 spiro atoms. The molecule has 0 atom stereocenters. The van der Waals surface area contributed by atoms with Crippen molar-refractivity contribution in [3.8, 4) is 11.4 Å². The number of nitrogens with zero attached hydrogens (tertiary/aromatic N) is 4. The standard InChI is InChI=1S/C27H36N6O/c1-6-20(16-28-3)24-17-30-25(32-26(24)31-19-27(34)11-13-29-14-12-27)23-10-8-9-22(15-23)21(7-2)18-33(4)5/h6-10,15-18,29,34H,2,11-14,19H2,1,3-5H3,(H,30,31,32)/b20-6+,21-18+,28-16-. The Morgan fingerprint density at radius 1 is 1.29 bits per heavy atom. The highest BCUT2D eigenvalue weighted by Gasteiger charge is 2.29. The van der Waals surface area contributed by atoms with E-state index in [9.17, 15) is 5.11 Å². The van der Waals surface area contributed by atoms with Crippen molar-refractivity contribution < 1.29 is 5.11 Å². The number of aliphatic imine (C=N–C) groups is 1. The summed E-state index contributed by atoms with van der Waals surface area (Å²) >= 11 is 0. The SMILES string of the molecule is C=C/C(=C\N(C)C)c1cccc(-c2ncc(C(/C=N\C)=C/C)c(NCC3(O)CCNCC3)n2)c1. The second kappa shape index (κ2) is 11.7. The average molecular weight is 461 g/mol. The van der Waals surface area contributed by atoms with Crippen molar-refractivity contribution >= 4 is 23.2 Å². The summed E-state index contributed by atoms with van der Waals surface area (Å²) in [6.07, 6.45) is 10.9. The van der Waals surface area contributed by atoms with Gasteiger partial charge in [-0.3, -0.25) is 4.99 Å². The molecular formula is C27H36N6O. The van der Waals surface area contributed by atoms with Crippen molar-refractivity contribution in [1.29, 1.82) is 0 Å². The Hall–Kier alpha value is -3.29. The van der Waals surface area contributed by atoms with Crippen molar-refractivity contribution in [1.82, 2.24) is 20.2 Å². The average Bonchev–Trinajstić information content (AvgIpc) is 2.85. The van der Waals surface area contributed by atoms with E-state index in [1.807, 2.05) is 62.6 Å². The van der Waals surface area contributed by atoms with E-state index in [-0.39, 0.29) is 0 Å². The number of rotatable bonds is 9. The van der Waals surface area contributed by atoms with Gasteiger partial charge in [-0.2, -0.15) is 0 Å². The Balaban J connectivity index is 2.00.